The third kappa shape index (κ3) is 3.78. The molecule has 2 rings (SSSR count). The Balaban J connectivity index is 2.14. The third-order valence-corrected chi connectivity index (χ3v) is 4.44. The number of aromatic hydroxyl groups is 1. The lowest BCUT2D eigenvalue weighted by Gasteiger charge is -2.40. The highest BCUT2D eigenvalue weighted by Gasteiger charge is 2.40. The lowest BCUT2D eigenvalue weighted by atomic mass is 9.73. The van der Waals surface area contributed by atoms with Gasteiger partial charge >= 0.3 is 0 Å². The topological polar surface area (TPSA) is 71.2 Å². The average Bonchev–Trinajstić information content (AvgIpc) is 2.91. The van der Waals surface area contributed by atoms with E-state index >= 15 is 0 Å². The standard InChI is InChI=1S/C16H22ClN3O2/c1-15(2,3)16(22,9-20-11-18-10-19-20)7-6-12-4-5-13(17)14(21)8-12/h4-5,8,10-11,21-22H,6-7,9H2,1-3H3. The van der Waals surface area contributed by atoms with Crippen molar-refractivity contribution in [2.24, 2.45) is 5.41 Å². The smallest absolute Gasteiger partial charge is 0.137 e. The highest BCUT2D eigenvalue weighted by Crippen LogP contribution is 2.36. The highest BCUT2D eigenvalue weighted by atomic mass is 35.5. The Kier molecular flexibility index (Phi) is 4.78. The molecule has 5 nitrogen and oxygen atoms in total. The van der Waals surface area contributed by atoms with E-state index in [-0.39, 0.29) is 11.2 Å². The molecule has 0 saturated heterocycles. The number of phenols is 1. The Morgan fingerprint density at radius 3 is 2.55 bits per heavy atom. The summed E-state index contributed by atoms with van der Waals surface area (Å²) < 4.78 is 1.64. The van der Waals surface area contributed by atoms with Gasteiger partial charge < -0.3 is 10.2 Å². The van der Waals surface area contributed by atoms with E-state index in [1.807, 2.05) is 26.8 Å². The van der Waals surface area contributed by atoms with Crippen LogP contribution in [-0.4, -0.2) is 30.6 Å². The fraction of sp³-hybridized carbons (Fsp3) is 0.500. The first kappa shape index (κ1) is 16.8. The van der Waals surface area contributed by atoms with Crippen molar-refractivity contribution >= 4 is 11.6 Å². The summed E-state index contributed by atoms with van der Waals surface area (Å²) in [7, 11) is 0. The fourth-order valence-electron chi connectivity index (χ4n) is 2.34. The molecule has 0 spiro atoms. The SMILES string of the molecule is CC(C)(C)C(O)(CCc1ccc(Cl)c(O)c1)Cn1cncn1. The summed E-state index contributed by atoms with van der Waals surface area (Å²) in [6.45, 7) is 6.38. The molecular weight excluding hydrogens is 302 g/mol. The molecule has 0 aliphatic rings. The first-order chi connectivity index (χ1) is 10.2. The molecule has 0 radical (unpaired) electrons. The lowest BCUT2D eigenvalue weighted by molar-refractivity contribution is -0.0796. The second-order valence-electron chi connectivity index (χ2n) is 6.66. The second-order valence-corrected chi connectivity index (χ2v) is 7.07. The Labute approximate surface area is 135 Å². The van der Waals surface area contributed by atoms with Crippen molar-refractivity contribution in [3.8, 4) is 5.75 Å². The number of aromatic nitrogens is 3. The van der Waals surface area contributed by atoms with Gasteiger partial charge in [0.2, 0.25) is 0 Å². The van der Waals surface area contributed by atoms with E-state index in [1.54, 1.807) is 23.1 Å². The van der Waals surface area contributed by atoms with Crippen LogP contribution < -0.4 is 0 Å². The van der Waals surface area contributed by atoms with Crippen LogP contribution in [0, 0.1) is 5.41 Å². The number of hydrogen-bond donors (Lipinski definition) is 2. The van der Waals surface area contributed by atoms with Crippen LogP contribution >= 0.6 is 11.6 Å². The van der Waals surface area contributed by atoms with E-state index in [0.29, 0.717) is 24.4 Å². The van der Waals surface area contributed by atoms with Gasteiger partial charge in [0.15, 0.2) is 0 Å². The van der Waals surface area contributed by atoms with Gasteiger partial charge in [-0.15, -0.1) is 0 Å². The average molecular weight is 324 g/mol. The molecule has 120 valence electrons. The minimum atomic E-state index is -0.948. The second kappa shape index (κ2) is 6.26. The van der Waals surface area contributed by atoms with Crippen LogP contribution in [0.25, 0.3) is 0 Å². The van der Waals surface area contributed by atoms with E-state index in [4.69, 9.17) is 11.6 Å². The predicted octanol–water partition coefficient (Wildman–Crippen LogP) is 3.05. The van der Waals surface area contributed by atoms with Gasteiger partial charge in [-0.2, -0.15) is 5.10 Å². The molecule has 0 aliphatic carbocycles. The molecule has 2 aromatic rings. The molecule has 0 amide bonds. The maximum atomic E-state index is 11.1. The van der Waals surface area contributed by atoms with Crippen molar-refractivity contribution in [3.63, 3.8) is 0 Å². The highest BCUT2D eigenvalue weighted by molar-refractivity contribution is 6.31. The zero-order chi connectivity index (χ0) is 16.4. The zero-order valence-electron chi connectivity index (χ0n) is 13.1. The quantitative estimate of drug-likeness (QED) is 0.887. The summed E-state index contributed by atoms with van der Waals surface area (Å²) in [6, 6.07) is 5.17. The largest absolute Gasteiger partial charge is 0.506 e. The minimum absolute atomic E-state index is 0.0646. The van der Waals surface area contributed by atoms with E-state index < -0.39 is 5.60 Å². The van der Waals surface area contributed by atoms with Gasteiger partial charge in [0.1, 0.15) is 18.4 Å². The van der Waals surface area contributed by atoms with Crippen molar-refractivity contribution in [1.82, 2.24) is 14.8 Å². The van der Waals surface area contributed by atoms with Gasteiger partial charge in [-0.05, 0) is 36.0 Å². The van der Waals surface area contributed by atoms with Crippen LogP contribution in [0.2, 0.25) is 5.02 Å². The van der Waals surface area contributed by atoms with Crippen molar-refractivity contribution in [1.29, 1.82) is 0 Å². The number of aliphatic hydroxyl groups is 1. The van der Waals surface area contributed by atoms with Gasteiger partial charge in [-0.25, -0.2) is 4.98 Å². The lowest BCUT2D eigenvalue weighted by Crippen LogP contribution is -2.47. The van der Waals surface area contributed by atoms with Crippen LogP contribution in [0.5, 0.6) is 5.75 Å². The first-order valence-electron chi connectivity index (χ1n) is 7.23. The first-order valence-corrected chi connectivity index (χ1v) is 7.61. The van der Waals surface area contributed by atoms with Crippen LogP contribution in [0.3, 0.4) is 0 Å². The normalized spacial score (nSPS) is 14.8. The third-order valence-electron chi connectivity index (χ3n) is 4.12. The molecule has 6 heteroatoms. The summed E-state index contributed by atoms with van der Waals surface area (Å²) in [5.74, 6) is 0.0646. The summed E-state index contributed by atoms with van der Waals surface area (Å²) in [6.07, 6.45) is 4.23. The Morgan fingerprint density at radius 2 is 2.00 bits per heavy atom. The van der Waals surface area contributed by atoms with Crippen molar-refractivity contribution in [3.05, 3.63) is 41.4 Å². The molecule has 0 aliphatic heterocycles. The van der Waals surface area contributed by atoms with E-state index in [1.165, 1.54) is 6.33 Å². The monoisotopic (exact) mass is 323 g/mol. The maximum absolute atomic E-state index is 11.1. The molecule has 0 fully saturated rings. The van der Waals surface area contributed by atoms with Crippen LogP contribution in [-0.2, 0) is 13.0 Å². The van der Waals surface area contributed by atoms with Gasteiger partial charge in [-0.3, -0.25) is 4.68 Å². The Bertz CT molecular complexity index is 623. The molecule has 1 aromatic heterocycles. The summed E-state index contributed by atoms with van der Waals surface area (Å²) >= 11 is 5.82. The van der Waals surface area contributed by atoms with Crippen molar-refractivity contribution in [2.75, 3.05) is 0 Å². The molecule has 0 saturated carbocycles. The Morgan fingerprint density at radius 1 is 1.27 bits per heavy atom. The number of aryl methyl sites for hydroxylation is 1. The molecule has 1 unspecified atom stereocenters. The van der Waals surface area contributed by atoms with E-state index in [2.05, 4.69) is 10.1 Å². The fourth-order valence-corrected chi connectivity index (χ4v) is 2.46. The van der Waals surface area contributed by atoms with Crippen molar-refractivity contribution < 1.29 is 10.2 Å². The summed E-state index contributed by atoms with van der Waals surface area (Å²) in [5.41, 5.74) is -0.341. The molecule has 22 heavy (non-hydrogen) atoms. The van der Waals surface area contributed by atoms with Crippen molar-refractivity contribution in [2.45, 2.75) is 45.8 Å². The molecule has 2 N–H and O–H groups in total. The number of nitrogens with zero attached hydrogens (tertiary/aromatic N) is 3. The molecule has 1 aromatic carbocycles. The van der Waals surface area contributed by atoms with Gasteiger partial charge in [0.25, 0.3) is 0 Å². The van der Waals surface area contributed by atoms with Crippen LogP contribution in [0.4, 0.5) is 0 Å². The zero-order valence-corrected chi connectivity index (χ0v) is 13.9. The maximum Gasteiger partial charge on any atom is 0.137 e. The molecular formula is C16H22ClN3O2. The number of rotatable bonds is 5. The van der Waals surface area contributed by atoms with Crippen LogP contribution in [0.1, 0.15) is 32.8 Å². The molecule has 1 atom stereocenters. The number of hydrogen-bond acceptors (Lipinski definition) is 4. The number of benzene rings is 1. The number of halogens is 1. The number of phenolic OH excluding ortho intramolecular Hbond substituents is 1. The molecule has 0 bridgehead atoms. The van der Waals surface area contributed by atoms with Gasteiger partial charge in [-0.1, -0.05) is 38.4 Å². The van der Waals surface area contributed by atoms with Crippen LogP contribution in [0.15, 0.2) is 30.9 Å². The van der Waals surface area contributed by atoms with Gasteiger partial charge in [0.05, 0.1) is 17.2 Å². The summed E-state index contributed by atoms with van der Waals surface area (Å²) in [4.78, 5) is 3.92. The van der Waals surface area contributed by atoms with E-state index in [9.17, 15) is 10.2 Å². The Hall–Kier alpha value is -1.59. The molecule has 1 heterocycles. The predicted molar refractivity (Wildman–Crippen MR) is 85.9 cm³/mol. The summed E-state index contributed by atoms with van der Waals surface area (Å²) in [5, 5.41) is 25.2. The van der Waals surface area contributed by atoms with E-state index in [0.717, 1.165) is 5.56 Å². The minimum Gasteiger partial charge on any atom is -0.506 e. The van der Waals surface area contributed by atoms with Gasteiger partial charge in [0, 0.05) is 0 Å².